The fourth-order valence-electron chi connectivity index (χ4n) is 0.967. The van der Waals surface area contributed by atoms with E-state index in [0.717, 1.165) is 16.5 Å². The van der Waals surface area contributed by atoms with Crippen molar-refractivity contribution >= 4 is 12.0 Å². The minimum atomic E-state index is 0.829. The van der Waals surface area contributed by atoms with Gasteiger partial charge >= 0.3 is 0 Å². The van der Waals surface area contributed by atoms with Gasteiger partial charge in [0, 0.05) is 6.08 Å². The molecule has 0 radical (unpaired) electrons. The zero-order valence-corrected chi connectivity index (χ0v) is 6.07. The summed E-state index contributed by atoms with van der Waals surface area (Å²) in [7, 11) is 0. The van der Waals surface area contributed by atoms with Crippen LogP contribution >= 0.6 is 0 Å². The van der Waals surface area contributed by atoms with Crippen LogP contribution in [0.15, 0.2) is 17.4 Å². The van der Waals surface area contributed by atoms with Crippen molar-refractivity contribution in [1.82, 2.24) is 15.4 Å². The largest absolute Gasteiger partial charge is 0.299 e. The van der Waals surface area contributed by atoms with E-state index in [-0.39, 0.29) is 0 Å². The molecule has 2 rings (SSSR count). The molecule has 1 atom stereocenters. The first-order valence-corrected chi connectivity index (χ1v) is 3.33. The summed E-state index contributed by atoms with van der Waals surface area (Å²) in [5, 5.41) is 15.4. The standard InChI is InChI=1S/C6H7N5/c1-5-6(9-10-8-5)11-4-2-3-7-11/h2-4H,1H3,(H,8,9,10)/p+1. The fraction of sp³-hybridized carbons (Fsp3) is 0.167. The number of aromatic nitrogens is 3. The Hall–Kier alpha value is -1.49. The number of aromatic amines is 1. The molecule has 1 aromatic heterocycles. The molecule has 0 aromatic carbocycles. The lowest BCUT2D eigenvalue weighted by Crippen LogP contribution is -2.96. The SMILES string of the molecule is Cc1n[nH]nc1[NH+]1C=CC=N1. The van der Waals surface area contributed by atoms with Gasteiger partial charge in [-0.2, -0.15) is 10.3 Å². The number of H-pyrrole nitrogens is 1. The zero-order valence-electron chi connectivity index (χ0n) is 6.07. The second-order valence-electron chi connectivity index (χ2n) is 2.28. The van der Waals surface area contributed by atoms with Crippen LogP contribution < -0.4 is 5.01 Å². The highest BCUT2D eigenvalue weighted by Gasteiger charge is 2.17. The number of nitrogens with zero attached hydrogens (tertiary/aromatic N) is 3. The van der Waals surface area contributed by atoms with Gasteiger partial charge in [0.25, 0.3) is 5.82 Å². The minimum Gasteiger partial charge on any atom is -0.192 e. The van der Waals surface area contributed by atoms with E-state index in [0.29, 0.717) is 0 Å². The van der Waals surface area contributed by atoms with Crippen molar-refractivity contribution < 1.29 is 5.01 Å². The fourth-order valence-corrected chi connectivity index (χ4v) is 0.967. The number of allylic oxidation sites excluding steroid dienone is 1. The molecule has 2 N–H and O–H groups in total. The molecule has 2 heterocycles. The van der Waals surface area contributed by atoms with Crippen molar-refractivity contribution in [3.63, 3.8) is 0 Å². The highest BCUT2D eigenvalue weighted by Crippen LogP contribution is 1.98. The Balaban J connectivity index is 2.36. The van der Waals surface area contributed by atoms with Crippen LogP contribution in [0.5, 0.6) is 0 Å². The Labute approximate surface area is 63.4 Å². The van der Waals surface area contributed by atoms with Crippen molar-refractivity contribution in [3.8, 4) is 0 Å². The molecular weight excluding hydrogens is 142 g/mol. The van der Waals surface area contributed by atoms with Crippen molar-refractivity contribution in [2.45, 2.75) is 6.92 Å². The lowest BCUT2D eigenvalue weighted by Gasteiger charge is -1.97. The molecule has 1 aliphatic rings. The summed E-state index contributed by atoms with van der Waals surface area (Å²) in [6.45, 7) is 1.90. The zero-order chi connectivity index (χ0) is 7.68. The lowest BCUT2D eigenvalue weighted by atomic mass is 10.5. The Kier molecular flexibility index (Phi) is 1.29. The van der Waals surface area contributed by atoms with Gasteiger partial charge in [-0.25, -0.2) is 0 Å². The van der Waals surface area contributed by atoms with Crippen LogP contribution in [0, 0.1) is 6.92 Å². The highest BCUT2D eigenvalue weighted by molar-refractivity contribution is 5.71. The van der Waals surface area contributed by atoms with Crippen LogP contribution in [0.3, 0.4) is 0 Å². The van der Waals surface area contributed by atoms with Gasteiger partial charge in [0.05, 0.1) is 6.21 Å². The van der Waals surface area contributed by atoms with Crippen LogP contribution in [0.25, 0.3) is 0 Å². The molecule has 1 unspecified atom stereocenters. The number of quaternary nitrogens is 1. The number of nitrogens with one attached hydrogen (secondary N) is 2. The van der Waals surface area contributed by atoms with E-state index in [4.69, 9.17) is 0 Å². The van der Waals surface area contributed by atoms with Gasteiger partial charge in [-0.1, -0.05) is 10.2 Å². The summed E-state index contributed by atoms with van der Waals surface area (Å²) in [4.78, 5) is 0. The Morgan fingerprint density at radius 2 is 2.36 bits per heavy atom. The van der Waals surface area contributed by atoms with E-state index in [2.05, 4.69) is 20.5 Å². The maximum atomic E-state index is 4.10. The molecule has 56 valence electrons. The Morgan fingerprint density at radius 1 is 1.45 bits per heavy atom. The van der Waals surface area contributed by atoms with E-state index in [1.54, 1.807) is 6.21 Å². The first kappa shape index (κ1) is 6.23. The Morgan fingerprint density at radius 3 is 2.91 bits per heavy atom. The molecule has 0 aliphatic carbocycles. The molecule has 1 aliphatic heterocycles. The van der Waals surface area contributed by atoms with Gasteiger partial charge in [0.1, 0.15) is 11.9 Å². The molecule has 5 nitrogen and oxygen atoms in total. The van der Waals surface area contributed by atoms with Crippen molar-refractivity contribution in [2.24, 2.45) is 5.10 Å². The average Bonchev–Trinajstić information content (AvgIpc) is 2.55. The molecule has 0 amide bonds. The third-order valence-corrected chi connectivity index (χ3v) is 1.52. The predicted molar refractivity (Wildman–Crippen MR) is 39.4 cm³/mol. The number of aryl methyl sites for hydroxylation is 1. The second-order valence-corrected chi connectivity index (χ2v) is 2.28. The maximum Gasteiger partial charge on any atom is 0.299 e. The van der Waals surface area contributed by atoms with Crippen molar-refractivity contribution in [3.05, 3.63) is 18.0 Å². The van der Waals surface area contributed by atoms with Gasteiger partial charge in [-0.05, 0) is 6.92 Å². The van der Waals surface area contributed by atoms with E-state index in [1.807, 2.05) is 19.2 Å². The molecule has 11 heavy (non-hydrogen) atoms. The molecule has 0 fully saturated rings. The lowest BCUT2D eigenvalue weighted by molar-refractivity contribution is -0.782. The number of rotatable bonds is 1. The highest BCUT2D eigenvalue weighted by atomic mass is 15.5. The number of hydrogen-bond donors (Lipinski definition) is 2. The summed E-state index contributed by atoms with van der Waals surface area (Å²) in [5.41, 5.74) is 0.878. The Bertz CT molecular complexity index is 299. The summed E-state index contributed by atoms with van der Waals surface area (Å²) >= 11 is 0. The molecule has 0 saturated carbocycles. The monoisotopic (exact) mass is 150 g/mol. The third-order valence-electron chi connectivity index (χ3n) is 1.52. The molecule has 0 spiro atoms. The summed E-state index contributed by atoms with van der Waals surface area (Å²) < 4.78 is 0. The normalized spacial score (nSPS) is 21.4. The third kappa shape index (κ3) is 0.947. The average molecular weight is 150 g/mol. The first-order chi connectivity index (χ1) is 5.38. The van der Waals surface area contributed by atoms with Gasteiger partial charge in [0.2, 0.25) is 0 Å². The number of hydrogen-bond acceptors (Lipinski definition) is 3. The quantitative estimate of drug-likeness (QED) is 0.547. The summed E-state index contributed by atoms with van der Waals surface area (Å²) in [6, 6.07) is 0. The van der Waals surface area contributed by atoms with Crippen LogP contribution in [-0.2, 0) is 0 Å². The minimum absolute atomic E-state index is 0.829. The second kappa shape index (κ2) is 2.28. The first-order valence-electron chi connectivity index (χ1n) is 3.33. The van der Waals surface area contributed by atoms with Crippen molar-refractivity contribution in [1.29, 1.82) is 0 Å². The topological polar surface area (TPSA) is 58.4 Å². The molecule has 5 heteroatoms. The maximum absolute atomic E-state index is 4.10. The van der Waals surface area contributed by atoms with E-state index in [9.17, 15) is 0 Å². The van der Waals surface area contributed by atoms with Crippen LogP contribution in [0.4, 0.5) is 5.82 Å². The molecule has 0 saturated heterocycles. The van der Waals surface area contributed by atoms with E-state index >= 15 is 0 Å². The van der Waals surface area contributed by atoms with Gasteiger partial charge < -0.3 is 0 Å². The molecule has 0 bridgehead atoms. The van der Waals surface area contributed by atoms with E-state index < -0.39 is 0 Å². The predicted octanol–water partition coefficient (Wildman–Crippen LogP) is -0.857. The van der Waals surface area contributed by atoms with Gasteiger partial charge in [-0.3, -0.25) is 0 Å². The summed E-state index contributed by atoms with van der Waals surface area (Å²) in [5.74, 6) is 0.829. The summed E-state index contributed by atoms with van der Waals surface area (Å²) in [6.07, 6.45) is 5.53. The van der Waals surface area contributed by atoms with Crippen LogP contribution in [0.1, 0.15) is 5.69 Å². The smallest absolute Gasteiger partial charge is 0.192 e. The van der Waals surface area contributed by atoms with Crippen molar-refractivity contribution in [2.75, 3.05) is 0 Å². The molecule has 1 aromatic rings. The van der Waals surface area contributed by atoms with Gasteiger partial charge in [0.15, 0.2) is 0 Å². The van der Waals surface area contributed by atoms with Crippen LogP contribution in [0.2, 0.25) is 0 Å². The molecular formula is C6H8N5+. The van der Waals surface area contributed by atoms with Crippen LogP contribution in [-0.4, -0.2) is 21.6 Å². The van der Waals surface area contributed by atoms with E-state index in [1.165, 1.54) is 0 Å². The van der Waals surface area contributed by atoms with Gasteiger partial charge in [-0.15, -0.1) is 5.01 Å².